The number of fused-ring (bicyclic) bond motifs is 1. The molecular formula is C23H21F3N8O. The maximum absolute atomic E-state index is 13.3. The van der Waals surface area contributed by atoms with Gasteiger partial charge in [0.15, 0.2) is 0 Å². The minimum absolute atomic E-state index is 0.197. The lowest BCUT2D eigenvalue weighted by Gasteiger charge is -2.36. The standard InChI is InChI=1S/C23H21F3N8O/c1-15-12-19(34-22(30-15)28-14-29-34)32-8-10-33(11-9-32)21(35)18-6-3-7-27-20(18)31-17-5-2-4-16(13-17)23(24,25)26/h2-7,12-14H,8-11H2,1H3,(H,27,31). The molecule has 1 aliphatic rings. The van der Waals surface area contributed by atoms with Crippen molar-refractivity contribution in [1.82, 2.24) is 29.5 Å². The Hall–Kier alpha value is -4.22. The van der Waals surface area contributed by atoms with Crippen molar-refractivity contribution in [2.24, 2.45) is 0 Å². The molecule has 12 heteroatoms. The van der Waals surface area contributed by atoms with E-state index < -0.39 is 11.7 Å². The van der Waals surface area contributed by atoms with Gasteiger partial charge < -0.3 is 15.1 Å². The number of benzene rings is 1. The van der Waals surface area contributed by atoms with Gasteiger partial charge in [-0.05, 0) is 37.3 Å². The van der Waals surface area contributed by atoms with Gasteiger partial charge in [0, 0.05) is 49.8 Å². The van der Waals surface area contributed by atoms with Crippen molar-refractivity contribution in [2.45, 2.75) is 13.1 Å². The van der Waals surface area contributed by atoms with Crippen molar-refractivity contribution >= 4 is 29.0 Å². The topological polar surface area (TPSA) is 91.5 Å². The smallest absolute Gasteiger partial charge is 0.353 e. The molecule has 4 aromatic rings. The van der Waals surface area contributed by atoms with Crippen LogP contribution in [0.5, 0.6) is 0 Å². The molecule has 0 unspecified atom stereocenters. The third-order valence-corrected chi connectivity index (χ3v) is 5.74. The van der Waals surface area contributed by atoms with E-state index in [9.17, 15) is 18.0 Å². The van der Waals surface area contributed by atoms with Crippen LogP contribution in [0.4, 0.5) is 30.5 Å². The summed E-state index contributed by atoms with van der Waals surface area (Å²) in [5.74, 6) is 1.32. The van der Waals surface area contributed by atoms with Crippen LogP contribution in [-0.4, -0.2) is 61.6 Å². The molecule has 180 valence electrons. The second kappa shape index (κ2) is 8.85. The second-order valence-electron chi connectivity index (χ2n) is 8.11. The van der Waals surface area contributed by atoms with Crippen LogP contribution in [0.2, 0.25) is 0 Å². The number of piperazine rings is 1. The highest BCUT2D eigenvalue weighted by Gasteiger charge is 2.31. The molecule has 0 aliphatic carbocycles. The molecule has 1 amide bonds. The first-order valence-electron chi connectivity index (χ1n) is 10.9. The Morgan fingerprint density at radius 3 is 2.60 bits per heavy atom. The van der Waals surface area contributed by atoms with Crippen LogP contribution in [0.25, 0.3) is 5.78 Å². The van der Waals surface area contributed by atoms with E-state index in [-0.39, 0.29) is 23.0 Å². The van der Waals surface area contributed by atoms with Crippen molar-refractivity contribution < 1.29 is 18.0 Å². The lowest BCUT2D eigenvalue weighted by Crippen LogP contribution is -2.49. The number of aryl methyl sites for hydroxylation is 1. The van der Waals surface area contributed by atoms with E-state index >= 15 is 0 Å². The van der Waals surface area contributed by atoms with E-state index in [1.165, 1.54) is 24.7 Å². The Balaban J connectivity index is 1.32. The lowest BCUT2D eigenvalue weighted by atomic mass is 10.1. The summed E-state index contributed by atoms with van der Waals surface area (Å²) in [6.45, 7) is 3.93. The number of carbonyl (C=O) groups excluding carboxylic acids is 1. The average molecular weight is 482 g/mol. The molecule has 4 heterocycles. The van der Waals surface area contributed by atoms with E-state index in [1.54, 1.807) is 21.5 Å². The van der Waals surface area contributed by atoms with Crippen LogP contribution in [0.3, 0.4) is 0 Å². The van der Waals surface area contributed by atoms with Crippen LogP contribution in [0.1, 0.15) is 21.6 Å². The number of aromatic nitrogens is 5. The van der Waals surface area contributed by atoms with Crippen LogP contribution >= 0.6 is 0 Å². The Bertz CT molecular complexity index is 1380. The first-order valence-corrected chi connectivity index (χ1v) is 10.9. The van der Waals surface area contributed by atoms with Gasteiger partial charge in [-0.25, -0.2) is 9.97 Å². The molecule has 1 fully saturated rings. The molecule has 1 aliphatic heterocycles. The number of nitrogens with zero attached hydrogens (tertiary/aromatic N) is 7. The monoisotopic (exact) mass is 482 g/mol. The molecule has 0 bridgehead atoms. The first-order chi connectivity index (χ1) is 16.8. The minimum Gasteiger partial charge on any atom is -0.353 e. The molecule has 1 saturated heterocycles. The molecule has 35 heavy (non-hydrogen) atoms. The van der Waals surface area contributed by atoms with E-state index in [2.05, 4.69) is 30.3 Å². The number of anilines is 3. The molecule has 1 N–H and O–H groups in total. The van der Waals surface area contributed by atoms with Gasteiger partial charge in [0.05, 0.1) is 11.1 Å². The van der Waals surface area contributed by atoms with E-state index in [0.717, 1.165) is 23.6 Å². The fourth-order valence-electron chi connectivity index (χ4n) is 4.03. The summed E-state index contributed by atoms with van der Waals surface area (Å²) in [5.41, 5.74) is 0.522. The molecule has 0 saturated carbocycles. The number of hydrogen-bond acceptors (Lipinski definition) is 7. The van der Waals surface area contributed by atoms with Gasteiger partial charge in [-0.15, -0.1) is 0 Å². The number of rotatable bonds is 4. The van der Waals surface area contributed by atoms with Crippen LogP contribution < -0.4 is 10.2 Å². The van der Waals surface area contributed by atoms with E-state index in [4.69, 9.17) is 0 Å². The molecule has 0 spiro atoms. The van der Waals surface area contributed by atoms with Gasteiger partial charge in [-0.2, -0.15) is 27.8 Å². The number of pyridine rings is 1. The molecule has 5 rings (SSSR count). The van der Waals surface area contributed by atoms with Crippen molar-refractivity contribution in [1.29, 1.82) is 0 Å². The summed E-state index contributed by atoms with van der Waals surface area (Å²) >= 11 is 0. The predicted octanol–water partition coefficient (Wildman–Crippen LogP) is 3.55. The summed E-state index contributed by atoms with van der Waals surface area (Å²) in [6.07, 6.45) is -1.53. The number of halogens is 3. The second-order valence-corrected chi connectivity index (χ2v) is 8.11. The zero-order chi connectivity index (χ0) is 24.6. The molecular weight excluding hydrogens is 461 g/mol. The Morgan fingerprint density at radius 2 is 1.83 bits per heavy atom. The Labute approximate surface area is 198 Å². The number of hydrogen-bond donors (Lipinski definition) is 1. The van der Waals surface area contributed by atoms with Gasteiger partial charge >= 0.3 is 6.18 Å². The van der Waals surface area contributed by atoms with Gasteiger partial charge in [0.1, 0.15) is 18.0 Å². The summed E-state index contributed by atoms with van der Waals surface area (Å²) in [5, 5.41) is 7.11. The number of carbonyl (C=O) groups is 1. The summed E-state index contributed by atoms with van der Waals surface area (Å²) in [7, 11) is 0. The van der Waals surface area contributed by atoms with Gasteiger partial charge in [-0.3, -0.25) is 4.79 Å². The van der Waals surface area contributed by atoms with Crippen LogP contribution in [0.15, 0.2) is 55.0 Å². The Morgan fingerprint density at radius 1 is 1.03 bits per heavy atom. The van der Waals surface area contributed by atoms with Crippen molar-refractivity contribution in [2.75, 3.05) is 36.4 Å². The van der Waals surface area contributed by atoms with Crippen LogP contribution in [-0.2, 0) is 6.18 Å². The summed E-state index contributed by atoms with van der Waals surface area (Å²) < 4.78 is 40.9. The lowest BCUT2D eigenvalue weighted by molar-refractivity contribution is -0.137. The molecule has 9 nitrogen and oxygen atoms in total. The zero-order valence-corrected chi connectivity index (χ0v) is 18.7. The van der Waals surface area contributed by atoms with Crippen molar-refractivity contribution in [3.63, 3.8) is 0 Å². The summed E-state index contributed by atoms with van der Waals surface area (Å²) in [4.78, 5) is 29.9. The Kier molecular flexibility index (Phi) is 5.71. The minimum atomic E-state index is -4.47. The van der Waals surface area contributed by atoms with E-state index in [1.807, 2.05) is 13.0 Å². The average Bonchev–Trinajstić information content (AvgIpc) is 3.32. The highest BCUT2D eigenvalue weighted by Crippen LogP contribution is 2.31. The van der Waals surface area contributed by atoms with Gasteiger partial charge in [0.2, 0.25) is 0 Å². The highest BCUT2D eigenvalue weighted by atomic mass is 19.4. The maximum Gasteiger partial charge on any atom is 0.416 e. The maximum atomic E-state index is 13.3. The quantitative estimate of drug-likeness (QED) is 0.476. The fourth-order valence-corrected chi connectivity index (χ4v) is 4.03. The number of alkyl halides is 3. The molecule has 3 aromatic heterocycles. The zero-order valence-electron chi connectivity index (χ0n) is 18.7. The largest absolute Gasteiger partial charge is 0.416 e. The van der Waals surface area contributed by atoms with Gasteiger partial charge in [0.25, 0.3) is 11.7 Å². The highest BCUT2D eigenvalue weighted by molar-refractivity contribution is 5.99. The fraction of sp³-hybridized carbons (Fsp3) is 0.261. The summed E-state index contributed by atoms with van der Waals surface area (Å²) in [6, 6.07) is 9.96. The molecule has 0 radical (unpaired) electrons. The predicted molar refractivity (Wildman–Crippen MR) is 123 cm³/mol. The first kappa shape index (κ1) is 22.6. The van der Waals surface area contributed by atoms with Gasteiger partial charge in [-0.1, -0.05) is 6.07 Å². The molecule has 0 atom stereocenters. The van der Waals surface area contributed by atoms with Crippen molar-refractivity contribution in [3.05, 3.63) is 71.8 Å². The number of nitrogens with one attached hydrogen (secondary N) is 1. The molecule has 1 aromatic carbocycles. The van der Waals surface area contributed by atoms with E-state index in [0.29, 0.717) is 32.0 Å². The van der Waals surface area contributed by atoms with Crippen molar-refractivity contribution in [3.8, 4) is 0 Å². The third kappa shape index (κ3) is 4.59. The van der Waals surface area contributed by atoms with Crippen LogP contribution in [0, 0.1) is 6.92 Å². The third-order valence-electron chi connectivity index (χ3n) is 5.74. The normalized spacial score (nSPS) is 14.4. The SMILES string of the molecule is Cc1cc(N2CCN(C(=O)c3cccnc3Nc3cccc(C(F)(F)F)c3)CC2)n2ncnc2n1. The number of amides is 1.